The molecule has 0 aliphatic carbocycles. The second-order valence-electron chi connectivity index (χ2n) is 4.68. The summed E-state index contributed by atoms with van der Waals surface area (Å²) >= 11 is 3.30. The van der Waals surface area contributed by atoms with E-state index in [4.69, 9.17) is 0 Å². The van der Waals surface area contributed by atoms with Gasteiger partial charge in [0.25, 0.3) is 10.0 Å². The number of halogens is 1. The van der Waals surface area contributed by atoms with E-state index in [2.05, 4.69) is 30.8 Å². The maximum absolute atomic E-state index is 12.5. The summed E-state index contributed by atoms with van der Waals surface area (Å²) in [4.78, 5) is 0.199. The molecule has 0 aliphatic rings. The number of nitrogens with one attached hydrogen (secondary N) is 2. The van der Waals surface area contributed by atoms with Crippen molar-refractivity contribution in [2.75, 3.05) is 4.72 Å². The van der Waals surface area contributed by atoms with Gasteiger partial charge in [-0.05, 0) is 46.6 Å². The highest BCUT2D eigenvalue weighted by Gasteiger charge is 2.19. The zero-order chi connectivity index (χ0) is 15.0. The molecule has 3 rings (SSSR count). The van der Waals surface area contributed by atoms with Crippen molar-refractivity contribution in [3.63, 3.8) is 0 Å². The highest BCUT2D eigenvalue weighted by atomic mass is 79.9. The number of nitrogens with zero attached hydrogens (tertiary/aromatic N) is 1. The number of hydrogen-bond acceptors (Lipinski definition) is 3. The van der Waals surface area contributed by atoms with Crippen molar-refractivity contribution in [3.8, 4) is 0 Å². The largest absolute Gasteiger partial charge is 0.277 e. The summed E-state index contributed by atoms with van der Waals surface area (Å²) in [6.07, 6.45) is 1.65. The molecule has 1 aromatic heterocycles. The Morgan fingerprint density at radius 2 is 2.05 bits per heavy atom. The van der Waals surface area contributed by atoms with Crippen LogP contribution in [0.5, 0.6) is 0 Å². The zero-order valence-electron chi connectivity index (χ0n) is 11.1. The van der Waals surface area contributed by atoms with E-state index >= 15 is 0 Å². The predicted molar refractivity (Wildman–Crippen MR) is 85.8 cm³/mol. The molecule has 5 nitrogen and oxygen atoms in total. The van der Waals surface area contributed by atoms with Crippen molar-refractivity contribution in [1.29, 1.82) is 0 Å². The number of fused-ring (bicyclic) bond motifs is 1. The average molecular weight is 366 g/mol. The molecule has 2 aromatic carbocycles. The number of para-hydroxylation sites is 1. The summed E-state index contributed by atoms with van der Waals surface area (Å²) in [6, 6.07) is 10.4. The van der Waals surface area contributed by atoms with E-state index in [-0.39, 0.29) is 4.90 Å². The van der Waals surface area contributed by atoms with Crippen LogP contribution < -0.4 is 4.72 Å². The van der Waals surface area contributed by atoms with Gasteiger partial charge < -0.3 is 0 Å². The van der Waals surface area contributed by atoms with E-state index in [0.717, 1.165) is 10.9 Å². The fourth-order valence-electron chi connectivity index (χ4n) is 2.08. The molecule has 0 fully saturated rings. The molecule has 0 spiro atoms. The fourth-order valence-corrected chi connectivity index (χ4v) is 4.34. The van der Waals surface area contributed by atoms with Gasteiger partial charge in [-0.1, -0.05) is 18.2 Å². The number of hydrogen-bond donors (Lipinski definition) is 2. The van der Waals surface area contributed by atoms with E-state index in [1.54, 1.807) is 36.5 Å². The van der Waals surface area contributed by atoms with Gasteiger partial charge in [0.15, 0.2) is 0 Å². The number of benzene rings is 2. The topological polar surface area (TPSA) is 74.8 Å². The third-order valence-electron chi connectivity index (χ3n) is 3.10. The minimum atomic E-state index is -3.67. The van der Waals surface area contributed by atoms with Crippen molar-refractivity contribution >= 4 is 42.5 Å². The molecule has 0 aliphatic heterocycles. The Bertz CT molecular complexity index is 919. The van der Waals surface area contributed by atoms with Gasteiger partial charge in [0.05, 0.1) is 17.4 Å². The number of H-pyrrole nitrogens is 1. The molecule has 0 amide bonds. The Balaban J connectivity index is 2.05. The number of aromatic amines is 1. The molecule has 0 bridgehead atoms. The van der Waals surface area contributed by atoms with Crippen LogP contribution in [0, 0.1) is 6.92 Å². The third kappa shape index (κ3) is 2.66. The number of rotatable bonds is 3. The maximum atomic E-state index is 12.5. The lowest BCUT2D eigenvalue weighted by atomic mass is 10.2. The first-order chi connectivity index (χ1) is 9.97. The smallest absolute Gasteiger partial charge is 0.263 e. The standard InChI is InChI=1S/C14H12BrN3O2S/c1-9-5-6-13(11(15)7-9)21(19,20)18-12-4-2-3-10-8-16-17-14(10)12/h2-8,18H,1H3,(H,16,17). The molecule has 0 unspecified atom stereocenters. The average Bonchev–Trinajstić information content (AvgIpc) is 2.87. The van der Waals surface area contributed by atoms with Crippen molar-refractivity contribution in [3.05, 3.63) is 52.6 Å². The summed E-state index contributed by atoms with van der Waals surface area (Å²) in [6.45, 7) is 1.90. The van der Waals surface area contributed by atoms with Crippen LogP contribution in [-0.4, -0.2) is 18.6 Å². The molecule has 1 heterocycles. The Hall–Kier alpha value is -1.86. The summed E-state index contributed by atoms with van der Waals surface area (Å²) < 4.78 is 28.2. The molecule has 0 atom stereocenters. The summed E-state index contributed by atoms with van der Waals surface area (Å²) in [5, 5.41) is 7.57. The second kappa shape index (κ2) is 5.16. The van der Waals surface area contributed by atoms with Gasteiger partial charge in [0, 0.05) is 9.86 Å². The Kier molecular flexibility index (Phi) is 3.46. The minimum absolute atomic E-state index is 0.199. The molecule has 2 N–H and O–H groups in total. The van der Waals surface area contributed by atoms with Crippen LogP contribution in [0.2, 0.25) is 0 Å². The predicted octanol–water partition coefficient (Wildman–Crippen LogP) is 3.43. The number of aryl methyl sites for hydroxylation is 1. The maximum Gasteiger partial charge on any atom is 0.263 e. The normalized spacial score (nSPS) is 11.7. The number of sulfonamides is 1. The van der Waals surface area contributed by atoms with Crippen LogP contribution in [0.4, 0.5) is 5.69 Å². The quantitative estimate of drug-likeness (QED) is 0.746. The van der Waals surface area contributed by atoms with E-state index in [1.165, 1.54) is 0 Å². The van der Waals surface area contributed by atoms with Gasteiger partial charge in [-0.15, -0.1) is 0 Å². The van der Waals surface area contributed by atoms with Crippen molar-refractivity contribution in [1.82, 2.24) is 10.2 Å². The van der Waals surface area contributed by atoms with Crippen LogP contribution in [0.3, 0.4) is 0 Å². The molecule has 21 heavy (non-hydrogen) atoms. The Labute approximate surface area is 130 Å². The van der Waals surface area contributed by atoms with E-state index in [9.17, 15) is 8.42 Å². The van der Waals surface area contributed by atoms with E-state index < -0.39 is 10.0 Å². The van der Waals surface area contributed by atoms with Crippen LogP contribution in [0.1, 0.15) is 5.56 Å². The number of anilines is 1. The molecular formula is C14H12BrN3O2S. The highest BCUT2D eigenvalue weighted by molar-refractivity contribution is 9.10. The summed E-state index contributed by atoms with van der Waals surface area (Å²) in [7, 11) is -3.67. The van der Waals surface area contributed by atoms with Crippen molar-refractivity contribution in [2.45, 2.75) is 11.8 Å². The number of aromatic nitrogens is 2. The summed E-state index contributed by atoms with van der Waals surface area (Å²) in [5.41, 5.74) is 2.11. The first-order valence-electron chi connectivity index (χ1n) is 6.18. The molecule has 3 aromatic rings. The van der Waals surface area contributed by atoms with Crippen molar-refractivity contribution in [2.24, 2.45) is 0 Å². The van der Waals surface area contributed by atoms with Gasteiger partial charge in [0.2, 0.25) is 0 Å². The minimum Gasteiger partial charge on any atom is -0.277 e. The van der Waals surface area contributed by atoms with Gasteiger partial charge in [0.1, 0.15) is 4.90 Å². The Morgan fingerprint density at radius 3 is 2.81 bits per heavy atom. The van der Waals surface area contributed by atoms with Gasteiger partial charge >= 0.3 is 0 Å². The molecule has 7 heteroatoms. The highest BCUT2D eigenvalue weighted by Crippen LogP contribution is 2.27. The molecule has 0 radical (unpaired) electrons. The van der Waals surface area contributed by atoms with E-state index in [1.807, 2.05) is 13.0 Å². The van der Waals surface area contributed by atoms with Gasteiger partial charge in [-0.3, -0.25) is 9.82 Å². The van der Waals surface area contributed by atoms with Crippen LogP contribution in [0.25, 0.3) is 10.9 Å². The summed E-state index contributed by atoms with van der Waals surface area (Å²) in [5.74, 6) is 0. The lowest BCUT2D eigenvalue weighted by Crippen LogP contribution is -2.14. The second-order valence-corrected chi connectivity index (χ2v) is 7.18. The monoisotopic (exact) mass is 365 g/mol. The van der Waals surface area contributed by atoms with Crippen LogP contribution in [-0.2, 0) is 10.0 Å². The van der Waals surface area contributed by atoms with Crippen LogP contribution in [0.15, 0.2) is 52.0 Å². The first kappa shape index (κ1) is 14.1. The van der Waals surface area contributed by atoms with Crippen molar-refractivity contribution < 1.29 is 8.42 Å². The molecule has 108 valence electrons. The lowest BCUT2D eigenvalue weighted by Gasteiger charge is -2.10. The lowest BCUT2D eigenvalue weighted by molar-refractivity contribution is 0.601. The Morgan fingerprint density at radius 1 is 1.24 bits per heavy atom. The molecule has 0 saturated heterocycles. The molecular weight excluding hydrogens is 354 g/mol. The van der Waals surface area contributed by atoms with Gasteiger partial charge in [-0.25, -0.2) is 8.42 Å². The SMILES string of the molecule is Cc1ccc(S(=O)(=O)Nc2cccc3cn[nH]c23)c(Br)c1. The molecule has 0 saturated carbocycles. The van der Waals surface area contributed by atoms with E-state index in [0.29, 0.717) is 15.7 Å². The zero-order valence-corrected chi connectivity index (χ0v) is 13.5. The van der Waals surface area contributed by atoms with Gasteiger partial charge in [-0.2, -0.15) is 5.10 Å². The third-order valence-corrected chi connectivity index (χ3v) is 5.44. The van der Waals surface area contributed by atoms with Crippen LogP contribution >= 0.6 is 15.9 Å². The fraction of sp³-hybridized carbons (Fsp3) is 0.0714. The first-order valence-corrected chi connectivity index (χ1v) is 8.46.